The van der Waals surface area contributed by atoms with Crippen LogP contribution in [-0.2, 0) is 4.74 Å². The molecule has 0 saturated heterocycles. The number of rotatable bonds is 9. The topological polar surface area (TPSA) is 45.6 Å². The molecule has 1 rings (SSSR count). The van der Waals surface area contributed by atoms with E-state index in [4.69, 9.17) is 4.74 Å². The van der Waals surface area contributed by atoms with Crippen LogP contribution in [0.3, 0.4) is 0 Å². The van der Waals surface area contributed by atoms with Crippen LogP contribution < -0.4 is 10.6 Å². The van der Waals surface area contributed by atoms with Gasteiger partial charge in [0.25, 0.3) is 0 Å². The fourth-order valence-electron chi connectivity index (χ4n) is 2.16. The SMILES string of the molecule is CCOCCCCNC(=NC)NCC(C)c1ccc(C)cc1.I. The number of hydrogen-bond acceptors (Lipinski definition) is 2. The Balaban J connectivity index is 0.00000484. The van der Waals surface area contributed by atoms with E-state index in [9.17, 15) is 0 Å². The van der Waals surface area contributed by atoms with E-state index >= 15 is 0 Å². The van der Waals surface area contributed by atoms with Crippen molar-refractivity contribution >= 4 is 29.9 Å². The molecular weight excluding hydrogens is 401 g/mol. The molecule has 0 aliphatic heterocycles. The first-order valence-electron chi connectivity index (χ1n) is 8.26. The number of guanidine groups is 1. The standard InChI is InChI=1S/C18H31N3O.HI/c1-5-22-13-7-6-12-20-18(19-4)21-14-16(3)17-10-8-15(2)9-11-17;/h8-11,16H,5-7,12-14H2,1-4H3,(H2,19,20,21);1H. The molecule has 132 valence electrons. The van der Waals surface area contributed by atoms with Crippen molar-refractivity contribution < 1.29 is 4.74 Å². The lowest BCUT2D eigenvalue weighted by atomic mass is 10.0. The van der Waals surface area contributed by atoms with Crippen LogP contribution in [0.2, 0.25) is 0 Å². The molecule has 0 radical (unpaired) electrons. The Morgan fingerprint density at radius 3 is 2.48 bits per heavy atom. The predicted molar refractivity (Wildman–Crippen MR) is 110 cm³/mol. The Hall–Kier alpha value is -0.820. The molecule has 1 aromatic carbocycles. The summed E-state index contributed by atoms with van der Waals surface area (Å²) < 4.78 is 5.33. The maximum absolute atomic E-state index is 5.33. The van der Waals surface area contributed by atoms with E-state index in [2.05, 4.69) is 53.7 Å². The first-order valence-corrected chi connectivity index (χ1v) is 8.26. The van der Waals surface area contributed by atoms with Crippen LogP contribution in [0.1, 0.15) is 43.7 Å². The van der Waals surface area contributed by atoms with Crippen molar-refractivity contribution in [2.24, 2.45) is 4.99 Å². The van der Waals surface area contributed by atoms with Crippen LogP contribution in [0.25, 0.3) is 0 Å². The Kier molecular flexibility index (Phi) is 13.1. The summed E-state index contributed by atoms with van der Waals surface area (Å²) in [6, 6.07) is 8.73. The average Bonchev–Trinajstić information content (AvgIpc) is 2.54. The molecular formula is C18H32IN3O. The van der Waals surface area contributed by atoms with Crippen molar-refractivity contribution in [3.05, 3.63) is 35.4 Å². The summed E-state index contributed by atoms with van der Waals surface area (Å²) in [5.41, 5.74) is 2.65. The number of hydrogen-bond donors (Lipinski definition) is 2. The number of nitrogens with zero attached hydrogens (tertiary/aromatic N) is 1. The van der Waals surface area contributed by atoms with E-state index in [0.29, 0.717) is 5.92 Å². The van der Waals surface area contributed by atoms with Crippen LogP contribution in [0.15, 0.2) is 29.3 Å². The first-order chi connectivity index (χ1) is 10.7. The van der Waals surface area contributed by atoms with Gasteiger partial charge in [0.1, 0.15) is 0 Å². The zero-order valence-corrected chi connectivity index (χ0v) is 17.2. The minimum absolute atomic E-state index is 0. The molecule has 2 N–H and O–H groups in total. The van der Waals surface area contributed by atoms with Crippen LogP contribution >= 0.6 is 24.0 Å². The quantitative estimate of drug-likeness (QED) is 0.270. The lowest BCUT2D eigenvalue weighted by molar-refractivity contribution is 0.143. The van der Waals surface area contributed by atoms with Crippen LogP contribution in [0, 0.1) is 6.92 Å². The lowest BCUT2D eigenvalue weighted by Crippen LogP contribution is -2.39. The molecule has 0 aromatic heterocycles. The number of benzene rings is 1. The number of aryl methyl sites for hydroxylation is 1. The van der Waals surface area contributed by atoms with Gasteiger partial charge in [0, 0.05) is 33.4 Å². The van der Waals surface area contributed by atoms with Gasteiger partial charge in [-0.3, -0.25) is 4.99 Å². The van der Waals surface area contributed by atoms with Gasteiger partial charge < -0.3 is 15.4 Å². The molecule has 0 bridgehead atoms. The minimum atomic E-state index is 0. The van der Waals surface area contributed by atoms with Crippen molar-refractivity contribution in [3.8, 4) is 0 Å². The Morgan fingerprint density at radius 2 is 1.87 bits per heavy atom. The monoisotopic (exact) mass is 433 g/mol. The number of unbranched alkanes of at least 4 members (excludes halogenated alkanes) is 1. The Labute approximate surface area is 158 Å². The van der Waals surface area contributed by atoms with E-state index in [1.54, 1.807) is 0 Å². The second-order valence-electron chi connectivity index (χ2n) is 5.60. The summed E-state index contributed by atoms with van der Waals surface area (Å²) in [6.45, 7) is 9.81. The van der Waals surface area contributed by atoms with E-state index in [0.717, 1.165) is 45.1 Å². The highest BCUT2D eigenvalue weighted by molar-refractivity contribution is 14.0. The fourth-order valence-corrected chi connectivity index (χ4v) is 2.16. The third-order valence-electron chi connectivity index (χ3n) is 3.66. The molecule has 5 heteroatoms. The molecule has 1 aromatic rings. The van der Waals surface area contributed by atoms with Gasteiger partial charge in [-0.25, -0.2) is 0 Å². The van der Waals surface area contributed by atoms with E-state index in [1.165, 1.54) is 11.1 Å². The van der Waals surface area contributed by atoms with Gasteiger partial charge in [0.15, 0.2) is 5.96 Å². The molecule has 0 aliphatic rings. The third-order valence-corrected chi connectivity index (χ3v) is 3.66. The summed E-state index contributed by atoms with van der Waals surface area (Å²) in [5, 5.41) is 6.74. The molecule has 0 spiro atoms. The smallest absolute Gasteiger partial charge is 0.190 e. The van der Waals surface area contributed by atoms with Gasteiger partial charge in [-0.05, 0) is 38.2 Å². The second-order valence-corrected chi connectivity index (χ2v) is 5.60. The van der Waals surface area contributed by atoms with Gasteiger partial charge in [0.2, 0.25) is 0 Å². The summed E-state index contributed by atoms with van der Waals surface area (Å²) in [6.07, 6.45) is 2.17. The summed E-state index contributed by atoms with van der Waals surface area (Å²) in [4.78, 5) is 4.26. The van der Waals surface area contributed by atoms with Gasteiger partial charge in [-0.2, -0.15) is 0 Å². The second kappa shape index (κ2) is 13.6. The largest absolute Gasteiger partial charge is 0.382 e. The van der Waals surface area contributed by atoms with Crippen molar-refractivity contribution in [2.75, 3.05) is 33.4 Å². The Bertz CT molecular complexity index is 434. The number of nitrogens with one attached hydrogen (secondary N) is 2. The lowest BCUT2D eigenvalue weighted by Gasteiger charge is -2.16. The van der Waals surface area contributed by atoms with Gasteiger partial charge >= 0.3 is 0 Å². The predicted octanol–water partition coefficient (Wildman–Crippen LogP) is 3.70. The Morgan fingerprint density at radius 1 is 1.17 bits per heavy atom. The van der Waals surface area contributed by atoms with Crippen molar-refractivity contribution in [2.45, 2.75) is 39.5 Å². The van der Waals surface area contributed by atoms with Crippen LogP contribution in [0.4, 0.5) is 0 Å². The van der Waals surface area contributed by atoms with E-state index < -0.39 is 0 Å². The minimum Gasteiger partial charge on any atom is -0.382 e. The summed E-state index contributed by atoms with van der Waals surface area (Å²) in [7, 11) is 1.81. The van der Waals surface area contributed by atoms with Crippen molar-refractivity contribution in [1.82, 2.24) is 10.6 Å². The molecule has 0 aliphatic carbocycles. The zero-order valence-electron chi connectivity index (χ0n) is 14.9. The number of ether oxygens (including phenoxy) is 1. The van der Waals surface area contributed by atoms with Crippen LogP contribution in [0.5, 0.6) is 0 Å². The molecule has 0 heterocycles. The molecule has 4 nitrogen and oxygen atoms in total. The highest BCUT2D eigenvalue weighted by Crippen LogP contribution is 2.14. The maximum Gasteiger partial charge on any atom is 0.190 e. The van der Waals surface area contributed by atoms with E-state index in [1.807, 2.05) is 14.0 Å². The summed E-state index contributed by atoms with van der Waals surface area (Å²) in [5.74, 6) is 1.33. The normalized spacial score (nSPS) is 12.4. The van der Waals surface area contributed by atoms with E-state index in [-0.39, 0.29) is 24.0 Å². The fraction of sp³-hybridized carbons (Fsp3) is 0.611. The van der Waals surface area contributed by atoms with Crippen LogP contribution in [-0.4, -0.2) is 39.3 Å². The molecule has 0 fully saturated rings. The molecule has 1 atom stereocenters. The van der Waals surface area contributed by atoms with Gasteiger partial charge in [0.05, 0.1) is 0 Å². The highest BCUT2D eigenvalue weighted by Gasteiger charge is 2.06. The number of halogens is 1. The molecule has 0 amide bonds. The number of aliphatic imine (C=N–C) groups is 1. The van der Waals surface area contributed by atoms with Crippen molar-refractivity contribution in [1.29, 1.82) is 0 Å². The molecule has 23 heavy (non-hydrogen) atoms. The summed E-state index contributed by atoms with van der Waals surface area (Å²) >= 11 is 0. The maximum atomic E-state index is 5.33. The van der Waals surface area contributed by atoms with Gasteiger partial charge in [-0.1, -0.05) is 36.8 Å². The van der Waals surface area contributed by atoms with Gasteiger partial charge in [-0.15, -0.1) is 24.0 Å². The highest BCUT2D eigenvalue weighted by atomic mass is 127. The molecule has 1 unspecified atom stereocenters. The van der Waals surface area contributed by atoms with Crippen molar-refractivity contribution in [3.63, 3.8) is 0 Å². The average molecular weight is 433 g/mol. The zero-order chi connectivity index (χ0) is 16.2. The molecule has 0 saturated carbocycles. The first kappa shape index (κ1) is 22.2. The third kappa shape index (κ3) is 9.81.